The Kier molecular flexibility index (Phi) is 6.88. The van der Waals surface area contributed by atoms with Crippen LogP contribution in [0.1, 0.15) is 15.9 Å². The van der Waals surface area contributed by atoms with Crippen molar-refractivity contribution in [2.24, 2.45) is 0 Å². The Hall–Kier alpha value is -3.85. The first-order valence-corrected chi connectivity index (χ1v) is 9.58. The highest BCUT2D eigenvalue weighted by Gasteiger charge is 2.34. The van der Waals surface area contributed by atoms with Gasteiger partial charge in [0, 0.05) is 13.1 Å². The second-order valence-electron chi connectivity index (χ2n) is 6.83. The Morgan fingerprint density at radius 2 is 1.87 bits per heavy atom. The first kappa shape index (κ1) is 21.8. The molecule has 9 nitrogen and oxygen atoms in total. The van der Waals surface area contributed by atoms with Gasteiger partial charge in [-0.2, -0.15) is 0 Å². The van der Waals surface area contributed by atoms with Gasteiger partial charge in [-0.05, 0) is 23.8 Å². The maximum Gasteiger partial charge on any atom is 0.337 e. The Balaban J connectivity index is 1.94. The fourth-order valence-electron chi connectivity index (χ4n) is 3.21. The SMILES string of the molecule is COC(=O)C1=C(Nc2cc(C(=O)O)ccc2NCc2ccccc2)C(=O)N(CCO)C1. The molecule has 0 aliphatic carbocycles. The fraction of sp³-hybridized carbons (Fsp3) is 0.227. The number of β-amino-alcohol motifs (C(OH)–C–C–N with tert-alkyl or cyclic N) is 1. The van der Waals surface area contributed by atoms with E-state index in [0.29, 0.717) is 17.9 Å². The molecule has 1 heterocycles. The molecular formula is C22H23N3O6. The molecule has 0 saturated carbocycles. The Morgan fingerprint density at radius 1 is 1.13 bits per heavy atom. The first-order chi connectivity index (χ1) is 14.9. The zero-order valence-corrected chi connectivity index (χ0v) is 16.9. The molecule has 0 bridgehead atoms. The first-order valence-electron chi connectivity index (χ1n) is 9.58. The van der Waals surface area contributed by atoms with Crippen LogP contribution in [0, 0.1) is 0 Å². The number of hydrogen-bond donors (Lipinski definition) is 4. The van der Waals surface area contributed by atoms with E-state index in [0.717, 1.165) is 5.56 Å². The molecule has 1 aliphatic heterocycles. The van der Waals surface area contributed by atoms with Gasteiger partial charge in [-0.15, -0.1) is 0 Å². The molecule has 0 aromatic heterocycles. The number of aliphatic hydroxyl groups is 1. The smallest absolute Gasteiger partial charge is 0.337 e. The maximum absolute atomic E-state index is 12.8. The van der Waals surface area contributed by atoms with E-state index >= 15 is 0 Å². The van der Waals surface area contributed by atoms with Crippen LogP contribution in [0.25, 0.3) is 0 Å². The van der Waals surface area contributed by atoms with Gasteiger partial charge in [0.1, 0.15) is 5.70 Å². The van der Waals surface area contributed by atoms with Crippen LogP contribution in [0.3, 0.4) is 0 Å². The van der Waals surface area contributed by atoms with Crippen molar-refractivity contribution in [3.8, 4) is 0 Å². The summed E-state index contributed by atoms with van der Waals surface area (Å²) in [6.07, 6.45) is 0. The van der Waals surface area contributed by atoms with E-state index in [-0.39, 0.29) is 36.5 Å². The zero-order chi connectivity index (χ0) is 22.4. The third kappa shape index (κ3) is 5.01. The summed E-state index contributed by atoms with van der Waals surface area (Å²) in [6.45, 7) is 0.250. The van der Waals surface area contributed by atoms with Gasteiger partial charge < -0.3 is 30.5 Å². The van der Waals surface area contributed by atoms with Crippen LogP contribution in [0.15, 0.2) is 59.8 Å². The third-order valence-corrected chi connectivity index (χ3v) is 4.81. The van der Waals surface area contributed by atoms with Crippen LogP contribution in [-0.2, 0) is 20.9 Å². The van der Waals surface area contributed by atoms with Crippen LogP contribution < -0.4 is 10.6 Å². The van der Waals surface area contributed by atoms with Crippen molar-refractivity contribution < 1.29 is 29.3 Å². The standard InChI is InChI=1S/C22H23N3O6/c1-31-22(30)16-13-25(9-10-26)20(27)19(16)24-18-11-15(21(28)29)7-8-17(18)23-12-14-5-3-2-4-6-14/h2-8,11,23-24,26H,9-10,12-13H2,1H3,(H,28,29). The predicted octanol–water partition coefficient (Wildman–Crippen LogP) is 1.67. The molecular weight excluding hydrogens is 402 g/mol. The van der Waals surface area contributed by atoms with Gasteiger partial charge >= 0.3 is 11.9 Å². The number of anilines is 2. The number of methoxy groups -OCH3 is 1. The second-order valence-corrected chi connectivity index (χ2v) is 6.83. The van der Waals surface area contributed by atoms with E-state index in [4.69, 9.17) is 4.74 Å². The maximum atomic E-state index is 12.8. The Morgan fingerprint density at radius 3 is 2.52 bits per heavy atom. The number of carbonyl (C=O) groups is 3. The zero-order valence-electron chi connectivity index (χ0n) is 16.9. The summed E-state index contributed by atoms with van der Waals surface area (Å²) in [4.78, 5) is 37.8. The normalized spacial score (nSPS) is 13.4. The van der Waals surface area contributed by atoms with Gasteiger partial charge in [0.05, 0.1) is 42.8 Å². The van der Waals surface area contributed by atoms with E-state index in [9.17, 15) is 24.6 Å². The molecule has 0 fully saturated rings. The van der Waals surface area contributed by atoms with E-state index in [1.54, 1.807) is 6.07 Å². The summed E-state index contributed by atoms with van der Waals surface area (Å²) >= 11 is 0. The number of carbonyl (C=O) groups excluding carboxylic acids is 2. The quantitative estimate of drug-likeness (QED) is 0.447. The predicted molar refractivity (Wildman–Crippen MR) is 114 cm³/mol. The van der Waals surface area contributed by atoms with E-state index in [2.05, 4.69) is 10.6 Å². The molecule has 1 amide bonds. The Labute approximate surface area is 178 Å². The number of rotatable bonds is 9. The van der Waals surface area contributed by atoms with Crippen molar-refractivity contribution in [2.75, 3.05) is 37.4 Å². The highest BCUT2D eigenvalue weighted by atomic mass is 16.5. The number of benzene rings is 2. The lowest BCUT2D eigenvalue weighted by Gasteiger charge is -2.17. The summed E-state index contributed by atoms with van der Waals surface area (Å²) in [7, 11) is 1.21. The van der Waals surface area contributed by atoms with Crippen LogP contribution >= 0.6 is 0 Å². The van der Waals surface area contributed by atoms with Gasteiger partial charge in [0.2, 0.25) is 0 Å². The lowest BCUT2D eigenvalue weighted by Crippen LogP contribution is -2.31. The number of ether oxygens (including phenoxy) is 1. The summed E-state index contributed by atoms with van der Waals surface area (Å²) in [5, 5.41) is 24.7. The number of aliphatic hydroxyl groups excluding tert-OH is 1. The van der Waals surface area contributed by atoms with Crippen molar-refractivity contribution in [2.45, 2.75) is 6.54 Å². The van der Waals surface area contributed by atoms with Crippen LogP contribution in [0.2, 0.25) is 0 Å². The molecule has 1 aliphatic rings. The molecule has 2 aromatic carbocycles. The van der Waals surface area contributed by atoms with Crippen molar-refractivity contribution in [1.29, 1.82) is 0 Å². The van der Waals surface area contributed by atoms with Gasteiger partial charge in [0.25, 0.3) is 5.91 Å². The van der Waals surface area contributed by atoms with Gasteiger partial charge in [0.15, 0.2) is 0 Å². The number of amides is 1. The average molecular weight is 425 g/mol. The van der Waals surface area contributed by atoms with Crippen LogP contribution in [0.5, 0.6) is 0 Å². The number of nitrogens with zero attached hydrogens (tertiary/aromatic N) is 1. The molecule has 3 rings (SSSR count). The Bertz CT molecular complexity index is 1020. The number of carboxylic acid groups (broad SMARTS) is 1. The second kappa shape index (κ2) is 9.77. The van der Waals surface area contributed by atoms with Crippen molar-refractivity contribution in [3.05, 3.63) is 70.9 Å². The minimum absolute atomic E-state index is 0.00870. The largest absolute Gasteiger partial charge is 0.478 e. The summed E-state index contributed by atoms with van der Waals surface area (Å²) in [5.74, 6) is -2.28. The highest BCUT2D eigenvalue weighted by molar-refractivity contribution is 6.09. The molecule has 162 valence electrons. The van der Waals surface area contributed by atoms with E-state index < -0.39 is 17.8 Å². The third-order valence-electron chi connectivity index (χ3n) is 4.81. The average Bonchev–Trinajstić information content (AvgIpc) is 3.08. The summed E-state index contributed by atoms with van der Waals surface area (Å²) < 4.78 is 4.79. The fourth-order valence-corrected chi connectivity index (χ4v) is 3.21. The highest BCUT2D eigenvalue weighted by Crippen LogP contribution is 2.29. The molecule has 0 radical (unpaired) electrons. The van der Waals surface area contributed by atoms with E-state index in [1.807, 2.05) is 30.3 Å². The molecule has 2 aromatic rings. The monoisotopic (exact) mass is 425 g/mol. The molecule has 0 spiro atoms. The van der Waals surface area contributed by atoms with Gasteiger partial charge in [-0.3, -0.25) is 4.79 Å². The lowest BCUT2D eigenvalue weighted by atomic mass is 10.1. The number of hydrogen-bond acceptors (Lipinski definition) is 7. The summed E-state index contributed by atoms with van der Waals surface area (Å²) in [6, 6.07) is 14.0. The number of esters is 1. The molecule has 0 unspecified atom stereocenters. The van der Waals surface area contributed by atoms with Gasteiger partial charge in [-0.25, -0.2) is 9.59 Å². The van der Waals surface area contributed by atoms with Crippen LogP contribution in [-0.4, -0.2) is 59.8 Å². The van der Waals surface area contributed by atoms with Gasteiger partial charge in [-0.1, -0.05) is 30.3 Å². The number of nitrogens with one attached hydrogen (secondary N) is 2. The minimum Gasteiger partial charge on any atom is -0.478 e. The van der Waals surface area contributed by atoms with Crippen molar-refractivity contribution >= 4 is 29.2 Å². The minimum atomic E-state index is -1.13. The van der Waals surface area contributed by atoms with Crippen LogP contribution in [0.4, 0.5) is 11.4 Å². The van der Waals surface area contributed by atoms with Crippen molar-refractivity contribution in [3.63, 3.8) is 0 Å². The topological polar surface area (TPSA) is 128 Å². The lowest BCUT2D eigenvalue weighted by molar-refractivity contribution is -0.136. The number of aromatic carboxylic acids is 1. The van der Waals surface area contributed by atoms with Crippen molar-refractivity contribution in [1.82, 2.24) is 4.90 Å². The molecule has 0 atom stereocenters. The molecule has 31 heavy (non-hydrogen) atoms. The number of carboxylic acids is 1. The summed E-state index contributed by atoms with van der Waals surface area (Å²) in [5.41, 5.74) is 2.01. The molecule has 4 N–H and O–H groups in total. The van der Waals surface area contributed by atoms with E-state index in [1.165, 1.54) is 24.1 Å². The molecule has 9 heteroatoms. The molecule has 0 saturated heterocycles.